The SMILES string of the molecule is O=C1CC(CSSCC2COC(=O)N2)C(=O)O1. The molecule has 0 aromatic heterocycles. The van der Waals surface area contributed by atoms with Crippen LogP contribution in [0.2, 0.25) is 0 Å². The van der Waals surface area contributed by atoms with Gasteiger partial charge in [0.25, 0.3) is 0 Å². The van der Waals surface area contributed by atoms with Gasteiger partial charge in [0, 0.05) is 11.5 Å². The van der Waals surface area contributed by atoms with E-state index in [0.717, 1.165) is 0 Å². The van der Waals surface area contributed by atoms with Crippen molar-refractivity contribution in [2.75, 3.05) is 18.1 Å². The molecule has 0 bridgehead atoms. The molecule has 94 valence electrons. The first-order valence-electron chi connectivity index (χ1n) is 5.07. The molecule has 1 amide bonds. The van der Waals surface area contributed by atoms with E-state index in [1.807, 2.05) is 0 Å². The summed E-state index contributed by atoms with van der Waals surface area (Å²) in [5.74, 6) is 0.0696. The Hall–Kier alpha value is -0.890. The number of alkyl carbamates (subject to hydrolysis) is 1. The van der Waals surface area contributed by atoms with Gasteiger partial charge in [-0.2, -0.15) is 0 Å². The average Bonchev–Trinajstić information content (AvgIpc) is 2.81. The van der Waals surface area contributed by atoms with Crippen molar-refractivity contribution in [2.24, 2.45) is 5.92 Å². The van der Waals surface area contributed by atoms with Crippen LogP contribution in [0.3, 0.4) is 0 Å². The Bertz CT molecular complexity index is 348. The number of nitrogens with one attached hydrogen (secondary N) is 1. The highest BCUT2D eigenvalue weighted by Gasteiger charge is 2.33. The van der Waals surface area contributed by atoms with Gasteiger partial charge in [-0.1, -0.05) is 21.6 Å². The molecule has 0 spiro atoms. The van der Waals surface area contributed by atoms with E-state index in [4.69, 9.17) is 4.74 Å². The predicted molar refractivity (Wildman–Crippen MR) is 62.4 cm³/mol. The van der Waals surface area contributed by atoms with E-state index in [9.17, 15) is 14.4 Å². The standard InChI is InChI=1S/C9H11NO5S2/c11-7-1-5(8(12)15-7)3-16-17-4-6-2-14-9(13)10-6/h5-6H,1-4H2,(H,10,13). The van der Waals surface area contributed by atoms with Crippen LogP contribution >= 0.6 is 21.6 Å². The molecule has 2 saturated heterocycles. The largest absolute Gasteiger partial charge is 0.447 e. The van der Waals surface area contributed by atoms with Gasteiger partial charge in [0.15, 0.2) is 0 Å². The summed E-state index contributed by atoms with van der Waals surface area (Å²) < 4.78 is 9.18. The quantitative estimate of drug-likeness (QED) is 0.340. The van der Waals surface area contributed by atoms with E-state index < -0.39 is 11.9 Å². The van der Waals surface area contributed by atoms with Crippen molar-refractivity contribution < 1.29 is 23.9 Å². The van der Waals surface area contributed by atoms with Gasteiger partial charge in [0.05, 0.1) is 18.4 Å². The topological polar surface area (TPSA) is 81.7 Å². The fourth-order valence-corrected chi connectivity index (χ4v) is 3.94. The summed E-state index contributed by atoms with van der Waals surface area (Å²) in [6, 6.07) is 0.0251. The van der Waals surface area contributed by atoms with Crippen molar-refractivity contribution in [3.05, 3.63) is 0 Å². The zero-order chi connectivity index (χ0) is 12.3. The molecule has 0 saturated carbocycles. The molecular weight excluding hydrogens is 266 g/mol. The molecule has 1 N–H and O–H groups in total. The van der Waals surface area contributed by atoms with Gasteiger partial charge in [-0.25, -0.2) is 4.79 Å². The third-order valence-electron chi connectivity index (χ3n) is 2.32. The normalized spacial score (nSPS) is 27.9. The third kappa shape index (κ3) is 3.53. The number of carbonyl (C=O) groups excluding carboxylic acids is 3. The Morgan fingerprint density at radius 1 is 1.24 bits per heavy atom. The lowest BCUT2D eigenvalue weighted by atomic mass is 10.1. The zero-order valence-corrected chi connectivity index (χ0v) is 10.5. The third-order valence-corrected chi connectivity index (χ3v) is 4.88. The second kappa shape index (κ2) is 5.63. The molecule has 2 unspecified atom stereocenters. The van der Waals surface area contributed by atoms with Crippen LogP contribution in [-0.4, -0.2) is 42.2 Å². The molecule has 8 heteroatoms. The Labute approximate surface area is 106 Å². The highest BCUT2D eigenvalue weighted by molar-refractivity contribution is 8.76. The second-order valence-corrected chi connectivity index (χ2v) is 6.26. The minimum absolute atomic E-state index is 0.0251. The number of rotatable bonds is 5. The minimum atomic E-state index is -0.443. The van der Waals surface area contributed by atoms with Crippen LogP contribution in [0.1, 0.15) is 6.42 Å². The Kier molecular flexibility index (Phi) is 4.16. The number of ether oxygens (including phenoxy) is 2. The Balaban J connectivity index is 1.59. The molecule has 0 aromatic rings. The highest BCUT2D eigenvalue weighted by Crippen LogP contribution is 2.29. The first kappa shape index (κ1) is 12.6. The fraction of sp³-hybridized carbons (Fsp3) is 0.667. The first-order chi connectivity index (χ1) is 8.15. The van der Waals surface area contributed by atoms with Crippen molar-refractivity contribution in [3.63, 3.8) is 0 Å². The van der Waals surface area contributed by atoms with Crippen molar-refractivity contribution in [1.29, 1.82) is 0 Å². The fourth-order valence-electron chi connectivity index (χ4n) is 1.43. The van der Waals surface area contributed by atoms with Crippen LogP contribution in [-0.2, 0) is 19.1 Å². The number of hydrogen-bond acceptors (Lipinski definition) is 7. The lowest BCUT2D eigenvalue weighted by Gasteiger charge is -2.07. The zero-order valence-electron chi connectivity index (χ0n) is 8.84. The highest BCUT2D eigenvalue weighted by atomic mass is 33.1. The van der Waals surface area contributed by atoms with E-state index in [2.05, 4.69) is 10.1 Å². The second-order valence-electron chi connectivity index (χ2n) is 3.70. The molecule has 6 nitrogen and oxygen atoms in total. The van der Waals surface area contributed by atoms with Gasteiger partial charge in [-0.3, -0.25) is 9.59 Å². The van der Waals surface area contributed by atoms with E-state index in [1.165, 1.54) is 10.8 Å². The van der Waals surface area contributed by atoms with Gasteiger partial charge in [0.1, 0.15) is 6.61 Å². The summed E-state index contributed by atoms with van der Waals surface area (Å²) in [5.41, 5.74) is 0. The molecule has 2 fully saturated rings. The summed E-state index contributed by atoms with van der Waals surface area (Å²) in [4.78, 5) is 32.7. The average molecular weight is 277 g/mol. The summed E-state index contributed by atoms with van der Waals surface area (Å²) in [7, 11) is 3.05. The summed E-state index contributed by atoms with van der Waals surface area (Å²) in [6.07, 6.45) is -0.207. The number of cyclic esters (lactones) is 3. The maximum absolute atomic E-state index is 11.1. The number of esters is 2. The first-order valence-corrected chi connectivity index (χ1v) is 7.56. The van der Waals surface area contributed by atoms with Crippen LogP contribution in [0.25, 0.3) is 0 Å². The van der Waals surface area contributed by atoms with Crippen molar-refractivity contribution >= 4 is 39.6 Å². The van der Waals surface area contributed by atoms with Crippen molar-refractivity contribution in [2.45, 2.75) is 12.5 Å². The van der Waals surface area contributed by atoms with Gasteiger partial charge in [-0.15, -0.1) is 0 Å². The number of amides is 1. The molecule has 17 heavy (non-hydrogen) atoms. The lowest BCUT2D eigenvalue weighted by molar-refractivity contribution is -0.152. The summed E-state index contributed by atoms with van der Waals surface area (Å²) in [5, 5.41) is 2.66. The molecular formula is C9H11NO5S2. The van der Waals surface area contributed by atoms with Crippen LogP contribution < -0.4 is 5.32 Å². The maximum atomic E-state index is 11.1. The molecule has 2 aliphatic rings. The number of hydrogen-bond donors (Lipinski definition) is 1. The van der Waals surface area contributed by atoms with Crippen LogP contribution in [0.15, 0.2) is 0 Å². The smallest absolute Gasteiger partial charge is 0.407 e. The summed E-state index contributed by atoms with van der Waals surface area (Å²) >= 11 is 0. The molecule has 0 radical (unpaired) electrons. The molecule has 2 heterocycles. The van der Waals surface area contributed by atoms with Gasteiger partial charge in [0.2, 0.25) is 0 Å². The van der Waals surface area contributed by atoms with Gasteiger partial charge < -0.3 is 14.8 Å². The number of carbonyl (C=O) groups is 3. The van der Waals surface area contributed by atoms with Crippen molar-refractivity contribution in [3.8, 4) is 0 Å². The van der Waals surface area contributed by atoms with E-state index in [-0.39, 0.29) is 24.5 Å². The van der Waals surface area contributed by atoms with Crippen molar-refractivity contribution in [1.82, 2.24) is 5.32 Å². The molecule has 2 rings (SSSR count). The maximum Gasteiger partial charge on any atom is 0.407 e. The molecule has 0 aromatic carbocycles. The van der Waals surface area contributed by atoms with Crippen LogP contribution in [0.5, 0.6) is 0 Å². The Morgan fingerprint density at radius 2 is 2.00 bits per heavy atom. The van der Waals surface area contributed by atoms with E-state index in [0.29, 0.717) is 18.1 Å². The lowest BCUT2D eigenvalue weighted by Crippen LogP contribution is -2.28. The molecule has 2 atom stereocenters. The van der Waals surface area contributed by atoms with Gasteiger partial charge >= 0.3 is 18.0 Å². The van der Waals surface area contributed by atoms with E-state index >= 15 is 0 Å². The predicted octanol–water partition coefficient (Wildman–Crippen LogP) is 0.566. The van der Waals surface area contributed by atoms with Crippen LogP contribution in [0, 0.1) is 5.92 Å². The summed E-state index contributed by atoms with van der Waals surface area (Å²) in [6.45, 7) is 0.385. The Morgan fingerprint density at radius 3 is 2.59 bits per heavy atom. The van der Waals surface area contributed by atoms with E-state index in [1.54, 1.807) is 10.8 Å². The molecule has 0 aliphatic carbocycles. The van der Waals surface area contributed by atoms with Gasteiger partial charge in [-0.05, 0) is 0 Å². The minimum Gasteiger partial charge on any atom is -0.447 e. The van der Waals surface area contributed by atoms with Crippen LogP contribution in [0.4, 0.5) is 4.79 Å². The monoisotopic (exact) mass is 277 g/mol. The molecule has 2 aliphatic heterocycles.